The second-order valence-electron chi connectivity index (χ2n) is 3.87. The van der Waals surface area contributed by atoms with Crippen LogP contribution < -0.4 is 11.1 Å². The number of nitrogens with one attached hydrogen (secondary N) is 1. The van der Waals surface area contributed by atoms with Gasteiger partial charge in [-0.1, -0.05) is 23.7 Å². The average Bonchev–Trinajstić information content (AvgIpc) is 2.16. The Balaban J connectivity index is 2.82. The number of carbonyl (C=O) groups is 1. The van der Waals surface area contributed by atoms with Gasteiger partial charge in [0, 0.05) is 11.6 Å². The Kier molecular flexibility index (Phi) is 4.58. The highest BCUT2D eigenvalue weighted by atomic mass is 35.5. The molecular formula is C11H16ClN3O. The highest BCUT2D eigenvalue weighted by Gasteiger charge is 2.13. The Labute approximate surface area is 100 Å². The van der Waals surface area contributed by atoms with Gasteiger partial charge in [-0.05, 0) is 31.8 Å². The molecule has 0 aliphatic carbocycles. The summed E-state index contributed by atoms with van der Waals surface area (Å²) in [6, 6.07) is 6.70. The molecule has 16 heavy (non-hydrogen) atoms. The number of primary amides is 1. The summed E-state index contributed by atoms with van der Waals surface area (Å²) in [5, 5.41) is 3.37. The van der Waals surface area contributed by atoms with Crippen LogP contribution in [-0.4, -0.2) is 31.6 Å². The number of nitrogens with zero attached hydrogens (tertiary/aromatic N) is 1. The summed E-state index contributed by atoms with van der Waals surface area (Å²) >= 11 is 5.81. The molecule has 1 aromatic rings. The predicted molar refractivity (Wildman–Crippen MR) is 65.5 cm³/mol. The normalized spacial score (nSPS) is 12.5. The van der Waals surface area contributed by atoms with Crippen molar-refractivity contribution >= 4 is 17.6 Å². The monoisotopic (exact) mass is 241 g/mol. The van der Waals surface area contributed by atoms with Gasteiger partial charge in [0.25, 0.3) is 0 Å². The first kappa shape index (κ1) is 12.8. The molecule has 2 amide bonds. The van der Waals surface area contributed by atoms with E-state index in [1.165, 1.54) is 0 Å². The smallest absolute Gasteiger partial charge is 0.312 e. The zero-order valence-electron chi connectivity index (χ0n) is 9.40. The second kappa shape index (κ2) is 5.72. The van der Waals surface area contributed by atoms with Gasteiger partial charge in [0.1, 0.15) is 0 Å². The molecule has 0 radical (unpaired) electrons. The van der Waals surface area contributed by atoms with Crippen LogP contribution in [0.5, 0.6) is 0 Å². The first-order chi connectivity index (χ1) is 7.49. The number of carbonyl (C=O) groups excluding carboxylic acids is 1. The van der Waals surface area contributed by atoms with Crippen molar-refractivity contribution in [2.75, 3.05) is 20.6 Å². The van der Waals surface area contributed by atoms with Crippen molar-refractivity contribution in [3.8, 4) is 0 Å². The van der Waals surface area contributed by atoms with Crippen LogP contribution in [-0.2, 0) is 0 Å². The summed E-state index contributed by atoms with van der Waals surface area (Å²) < 4.78 is 0. The molecule has 0 aliphatic rings. The van der Waals surface area contributed by atoms with Crippen LogP contribution in [0, 0.1) is 0 Å². The fourth-order valence-corrected chi connectivity index (χ4v) is 1.59. The minimum absolute atomic E-state index is 0.121. The van der Waals surface area contributed by atoms with Gasteiger partial charge in [-0.3, -0.25) is 0 Å². The van der Waals surface area contributed by atoms with Gasteiger partial charge >= 0.3 is 6.03 Å². The third-order valence-electron chi connectivity index (χ3n) is 2.14. The van der Waals surface area contributed by atoms with Crippen LogP contribution in [0.15, 0.2) is 24.3 Å². The lowest BCUT2D eigenvalue weighted by molar-refractivity contribution is 0.241. The molecule has 1 rings (SSSR count). The number of benzene rings is 1. The molecule has 0 unspecified atom stereocenters. The molecule has 4 nitrogen and oxygen atoms in total. The number of hydrogen-bond donors (Lipinski definition) is 2. The largest absolute Gasteiger partial charge is 0.352 e. The summed E-state index contributed by atoms with van der Waals surface area (Å²) in [7, 11) is 3.87. The second-order valence-corrected chi connectivity index (χ2v) is 4.31. The van der Waals surface area contributed by atoms with Gasteiger partial charge in [0.05, 0.1) is 6.04 Å². The van der Waals surface area contributed by atoms with Crippen LogP contribution in [0.25, 0.3) is 0 Å². The van der Waals surface area contributed by atoms with E-state index in [4.69, 9.17) is 17.3 Å². The molecular weight excluding hydrogens is 226 g/mol. The molecule has 3 N–H and O–H groups in total. The van der Waals surface area contributed by atoms with E-state index in [9.17, 15) is 4.79 Å². The van der Waals surface area contributed by atoms with E-state index >= 15 is 0 Å². The Morgan fingerprint density at radius 3 is 2.44 bits per heavy atom. The standard InChI is InChI=1S/C11H16ClN3O/c1-15(2)7-10(14-11(13)16)8-3-5-9(12)6-4-8/h3-6,10H,7H2,1-2H3,(H3,13,14,16)/t10-/m1/s1. The van der Waals surface area contributed by atoms with E-state index in [0.29, 0.717) is 11.6 Å². The van der Waals surface area contributed by atoms with Gasteiger partial charge in [0.15, 0.2) is 0 Å². The molecule has 0 fully saturated rings. The van der Waals surface area contributed by atoms with Crippen LogP contribution in [0.3, 0.4) is 0 Å². The minimum atomic E-state index is -0.526. The topological polar surface area (TPSA) is 58.4 Å². The molecule has 1 aromatic carbocycles. The number of urea groups is 1. The highest BCUT2D eigenvalue weighted by molar-refractivity contribution is 6.30. The van der Waals surface area contributed by atoms with Crippen molar-refractivity contribution in [1.82, 2.24) is 10.2 Å². The van der Waals surface area contributed by atoms with Gasteiger partial charge in [-0.25, -0.2) is 4.79 Å². The maximum atomic E-state index is 10.9. The first-order valence-corrected chi connectivity index (χ1v) is 5.33. The van der Waals surface area contributed by atoms with Crippen molar-refractivity contribution in [3.05, 3.63) is 34.9 Å². The Bertz CT molecular complexity index is 351. The minimum Gasteiger partial charge on any atom is -0.352 e. The molecule has 0 aromatic heterocycles. The molecule has 0 saturated heterocycles. The van der Waals surface area contributed by atoms with Gasteiger partial charge < -0.3 is 16.0 Å². The number of halogens is 1. The van der Waals surface area contributed by atoms with E-state index in [0.717, 1.165) is 5.56 Å². The van der Waals surface area contributed by atoms with Crippen molar-refractivity contribution in [2.24, 2.45) is 5.73 Å². The lowest BCUT2D eigenvalue weighted by Gasteiger charge is -2.21. The van der Waals surface area contributed by atoms with Crippen LogP contribution >= 0.6 is 11.6 Å². The summed E-state index contributed by atoms with van der Waals surface area (Å²) in [4.78, 5) is 12.9. The van der Waals surface area contributed by atoms with Crippen molar-refractivity contribution < 1.29 is 4.79 Å². The van der Waals surface area contributed by atoms with Gasteiger partial charge in [-0.2, -0.15) is 0 Å². The number of nitrogens with two attached hydrogens (primary N) is 1. The molecule has 0 heterocycles. The maximum Gasteiger partial charge on any atom is 0.312 e. The van der Waals surface area contributed by atoms with Crippen molar-refractivity contribution in [3.63, 3.8) is 0 Å². The molecule has 0 spiro atoms. The Hall–Kier alpha value is -1.26. The number of likely N-dealkylation sites (N-methyl/N-ethyl adjacent to an activating group) is 1. The summed E-state index contributed by atoms with van der Waals surface area (Å²) in [6.45, 7) is 0.685. The summed E-state index contributed by atoms with van der Waals surface area (Å²) in [5.74, 6) is 0. The van der Waals surface area contributed by atoms with Crippen LogP contribution in [0.2, 0.25) is 5.02 Å². The molecule has 88 valence electrons. The Morgan fingerprint density at radius 2 is 2.00 bits per heavy atom. The zero-order chi connectivity index (χ0) is 12.1. The molecule has 0 aliphatic heterocycles. The highest BCUT2D eigenvalue weighted by Crippen LogP contribution is 2.16. The molecule has 0 bridgehead atoms. The third kappa shape index (κ3) is 4.08. The molecule has 5 heteroatoms. The molecule has 0 saturated carbocycles. The van der Waals surface area contributed by atoms with Crippen molar-refractivity contribution in [1.29, 1.82) is 0 Å². The lowest BCUT2D eigenvalue weighted by atomic mass is 10.1. The average molecular weight is 242 g/mol. The number of hydrogen-bond acceptors (Lipinski definition) is 2. The SMILES string of the molecule is CN(C)C[C@@H](NC(N)=O)c1ccc(Cl)cc1. The third-order valence-corrected chi connectivity index (χ3v) is 2.39. The number of amides is 2. The number of rotatable bonds is 4. The van der Waals surface area contributed by atoms with Crippen molar-refractivity contribution in [2.45, 2.75) is 6.04 Å². The van der Waals surface area contributed by atoms with E-state index in [1.54, 1.807) is 12.1 Å². The van der Waals surface area contributed by atoms with E-state index in [1.807, 2.05) is 31.1 Å². The Morgan fingerprint density at radius 1 is 1.44 bits per heavy atom. The van der Waals surface area contributed by atoms with Crippen LogP contribution in [0.1, 0.15) is 11.6 Å². The van der Waals surface area contributed by atoms with E-state index < -0.39 is 6.03 Å². The van der Waals surface area contributed by atoms with E-state index in [-0.39, 0.29) is 6.04 Å². The lowest BCUT2D eigenvalue weighted by Crippen LogP contribution is -2.38. The summed E-state index contributed by atoms with van der Waals surface area (Å²) in [5.41, 5.74) is 6.12. The van der Waals surface area contributed by atoms with Gasteiger partial charge in [0.2, 0.25) is 0 Å². The van der Waals surface area contributed by atoms with E-state index in [2.05, 4.69) is 5.32 Å². The predicted octanol–water partition coefficient (Wildman–Crippen LogP) is 1.61. The zero-order valence-corrected chi connectivity index (χ0v) is 10.2. The fraction of sp³-hybridized carbons (Fsp3) is 0.364. The molecule has 1 atom stereocenters. The quantitative estimate of drug-likeness (QED) is 0.842. The van der Waals surface area contributed by atoms with Gasteiger partial charge in [-0.15, -0.1) is 0 Å². The van der Waals surface area contributed by atoms with Crippen LogP contribution in [0.4, 0.5) is 4.79 Å². The first-order valence-electron chi connectivity index (χ1n) is 4.95. The maximum absolute atomic E-state index is 10.9. The summed E-state index contributed by atoms with van der Waals surface area (Å²) in [6.07, 6.45) is 0. The fourth-order valence-electron chi connectivity index (χ4n) is 1.47.